The van der Waals surface area contributed by atoms with Gasteiger partial charge in [0.15, 0.2) is 0 Å². The molecule has 0 spiro atoms. The summed E-state index contributed by atoms with van der Waals surface area (Å²) in [6.45, 7) is 5.48. The molecule has 1 aliphatic rings. The van der Waals surface area contributed by atoms with Crippen molar-refractivity contribution >= 4 is 10.0 Å². The fraction of sp³-hybridized carbons (Fsp3) is 0.600. The molecular formula is C15H24N2O5S. The maximum Gasteiger partial charge on any atom is 0.244 e. The van der Waals surface area contributed by atoms with Crippen molar-refractivity contribution in [2.45, 2.75) is 17.9 Å². The molecule has 2 rings (SSSR count). The van der Waals surface area contributed by atoms with Crippen LogP contribution in [0, 0.1) is 0 Å². The first-order valence-electron chi connectivity index (χ1n) is 7.50. The zero-order valence-electron chi connectivity index (χ0n) is 13.7. The minimum atomic E-state index is -3.70. The SMILES string of the molecule is COc1ccc(OC)c(S(=O)(=O)N[C@H](C)CN2CCOCC2)c1. The summed E-state index contributed by atoms with van der Waals surface area (Å²) < 4.78 is 43.5. The van der Waals surface area contributed by atoms with Gasteiger partial charge in [-0.05, 0) is 19.1 Å². The van der Waals surface area contributed by atoms with E-state index in [1.54, 1.807) is 12.1 Å². The molecule has 0 unspecified atom stereocenters. The van der Waals surface area contributed by atoms with Crippen LogP contribution < -0.4 is 14.2 Å². The summed E-state index contributed by atoms with van der Waals surface area (Å²) in [7, 11) is -0.763. The van der Waals surface area contributed by atoms with Gasteiger partial charge in [0.05, 0.1) is 27.4 Å². The average molecular weight is 344 g/mol. The van der Waals surface area contributed by atoms with E-state index < -0.39 is 10.0 Å². The van der Waals surface area contributed by atoms with E-state index in [4.69, 9.17) is 14.2 Å². The molecule has 0 aromatic heterocycles. The van der Waals surface area contributed by atoms with Gasteiger partial charge in [0, 0.05) is 31.7 Å². The molecule has 130 valence electrons. The van der Waals surface area contributed by atoms with Crippen LogP contribution in [0.1, 0.15) is 6.92 Å². The zero-order valence-corrected chi connectivity index (χ0v) is 14.6. The summed E-state index contributed by atoms with van der Waals surface area (Å²) in [6, 6.07) is 4.48. The Hall–Kier alpha value is -1.35. The molecular weight excluding hydrogens is 320 g/mol. The number of hydrogen-bond donors (Lipinski definition) is 1. The van der Waals surface area contributed by atoms with Gasteiger partial charge in [-0.2, -0.15) is 0 Å². The van der Waals surface area contributed by atoms with E-state index in [0.29, 0.717) is 25.5 Å². The van der Waals surface area contributed by atoms with Crippen LogP contribution in [-0.4, -0.2) is 66.4 Å². The number of sulfonamides is 1. The Morgan fingerprint density at radius 1 is 1.26 bits per heavy atom. The van der Waals surface area contributed by atoms with Gasteiger partial charge in [0.2, 0.25) is 10.0 Å². The van der Waals surface area contributed by atoms with Crippen molar-refractivity contribution in [1.82, 2.24) is 9.62 Å². The second-order valence-corrected chi connectivity index (χ2v) is 7.13. The minimum Gasteiger partial charge on any atom is -0.497 e. The number of benzene rings is 1. The van der Waals surface area contributed by atoms with Gasteiger partial charge in [0.25, 0.3) is 0 Å². The minimum absolute atomic E-state index is 0.0770. The summed E-state index contributed by atoms with van der Waals surface area (Å²) in [6.07, 6.45) is 0. The molecule has 0 aliphatic carbocycles. The Kier molecular flexibility index (Phi) is 6.23. The first-order chi connectivity index (χ1) is 11.0. The number of morpholine rings is 1. The van der Waals surface area contributed by atoms with Gasteiger partial charge in [0.1, 0.15) is 16.4 Å². The third kappa shape index (κ3) is 4.81. The Bertz CT molecular complexity index is 614. The van der Waals surface area contributed by atoms with E-state index in [2.05, 4.69) is 9.62 Å². The van der Waals surface area contributed by atoms with E-state index in [1.165, 1.54) is 20.3 Å². The first kappa shape index (κ1) is 18.0. The number of rotatable bonds is 7. The molecule has 1 aromatic rings. The topological polar surface area (TPSA) is 77.1 Å². The predicted molar refractivity (Wildman–Crippen MR) is 86.6 cm³/mol. The van der Waals surface area contributed by atoms with Gasteiger partial charge < -0.3 is 14.2 Å². The van der Waals surface area contributed by atoms with E-state index >= 15 is 0 Å². The van der Waals surface area contributed by atoms with Gasteiger partial charge in [-0.3, -0.25) is 4.90 Å². The maximum absolute atomic E-state index is 12.6. The number of nitrogens with zero attached hydrogens (tertiary/aromatic N) is 1. The first-order valence-corrected chi connectivity index (χ1v) is 8.99. The molecule has 1 aromatic carbocycles. The Morgan fingerprint density at radius 2 is 1.96 bits per heavy atom. The van der Waals surface area contributed by atoms with Crippen molar-refractivity contribution in [3.05, 3.63) is 18.2 Å². The summed E-state index contributed by atoms with van der Waals surface area (Å²) in [5.74, 6) is 0.754. The molecule has 0 radical (unpaired) electrons. The highest BCUT2D eigenvalue weighted by molar-refractivity contribution is 7.89. The normalized spacial score (nSPS) is 17.7. The molecule has 7 nitrogen and oxygen atoms in total. The molecule has 1 heterocycles. The lowest BCUT2D eigenvalue weighted by molar-refractivity contribution is 0.0354. The molecule has 0 amide bonds. The molecule has 8 heteroatoms. The summed E-state index contributed by atoms with van der Waals surface area (Å²) >= 11 is 0. The van der Waals surface area contributed by atoms with E-state index in [9.17, 15) is 8.42 Å². The Labute approximate surface area is 137 Å². The Morgan fingerprint density at radius 3 is 2.57 bits per heavy atom. The van der Waals surface area contributed by atoms with Crippen LogP contribution in [0.2, 0.25) is 0 Å². The lowest BCUT2D eigenvalue weighted by atomic mass is 10.3. The second-order valence-electron chi connectivity index (χ2n) is 5.45. The molecule has 1 N–H and O–H groups in total. The van der Waals surface area contributed by atoms with Crippen LogP contribution in [0.15, 0.2) is 23.1 Å². The lowest BCUT2D eigenvalue weighted by Gasteiger charge is -2.29. The smallest absolute Gasteiger partial charge is 0.244 e. The van der Waals surface area contributed by atoms with Crippen LogP contribution in [0.25, 0.3) is 0 Å². The van der Waals surface area contributed by atoms with Gasteiger partial charge in [-0.15, -0.1) is 0 Å². The van der Waals surface area contributed by atoms with E-state index in [-0.39, 0.29) is 16.7 Å². The number of methoxy groups -OCH3 is 2. The standard InChI is InChI=1S/C15H24N2O5S/c1-12(11-17-6-8-22-9-7-17)16-23(18,19)15-10-13(20-2)4-5-14(15)21-3/h4-5,10,12,16H,6-9,11H2,1-3H3/t12-/m1/s1. The fourth-order valence-corrected chi connectivity index (χ4v) is 3.95. The van der Waals surface area contributed by atoms with Gasteiger partial charge in [-0.25, -0.2) is 13.1 Å². The third-order valence-electron chi connectivity index (χ3n) is 3.65. The fourth-order valence-electron chi connectivity index (χ4n) is 2.53. The van der Waals surface area contributed by atoms with Crippen LogP contribution in [-0.2, 0) is 14.8 Å². The predicted octanol–water partition coefficient (Wildman–Crippen LogP) is 0.703. The molecule has 1 atom stereocenters. The summed E-state index contributed by atoms with van der Waals surface area (Å²) in [4.78, 5) is 2.26. The highest BCUT2D eigenvalue weighted by Gasteiger charge is 2.24. The number of ether oxygens (including phenoxy) is 3. The second kappa shape index (κ2) is 7.96. The molecule has 1 aliphatic heterocycles. The quantitative estimate of drug-likeness (QED) is 0.785. The lowest BCUT2D eigenvalue weighted by Crippen LogP contribution is -2.45. The summed E-state index contributed by atoms with van der Waals surface area (Å²) in [5.41, 5.74) is 0. The van der Waals surface area contributed by atoms with Crippen molar-refractivity contribution in [2.75, 3.05) is 47.1 Å². The maximum atomic E-state index is 12.6. The van der Waals surface area contributed by atoms with E-state index in [1.807, 2.05) is 6.92 Å². The van der Waals surface area contributed by atoms with Crippen molar-refractivity contribution in [1.29, 1.82) is 0 Å². The van der Waals surface area contributed by atoms with Crippen molar-refractivity contribution in [3.63, 3.8) is 0 Å². The molecule has 0 bridgehead atoms. The van der Waals surface area contributed by atoms with Crippen molar-refractivity contribution in [3.8, 4) is 11.5 Å². The van der Waals surface area contributed by atoms with Gasteiger partial charge >= 0.3 is 0 Å². The number of hydrogen-bond acceptors (Lipinski definition) is 6. The summed E-state index contributed by atoms with van der Waals surface area (Å²) in [5, 5.41) is 0. The van der Waals surface area contributed by atoms with E-state index in [0.717, 1.165) is 13.1 Å². The van der Waals surface area contributed by atoms with Crippen molar-refractivity contribution in [2.24, 2.45) is 0 Å². The molecule has 1 saturated heterocycles. The largest absolute Gasteiger partial charge is 0.497 e. The monoisotopic (exact) mass is 344 g/mol. The van der Waals surface area contributed by atoms with Crippen molar-refractivity contribution < 1.29 is 22.6 Å². The average Bonchev–Trinajstić information content (AvgIpc) is 2.54. The molecule has 1 fully saturated rings. The van der Waals surface area contributed by atoms with Gasteiger partial charge in [-0.1, -0.05) is 0 Å². The molecule has 0 saturated carbocycles. The Balaban J connectivity index is 2.11. The van der Waals surface area contributed by atoms with Crippen LogP contribution >= 0.6 is 0 Å². The third-order valence-corrected chi connectivity index (χ3v) is 5.26. The van der Waals surface area contributed by atoms with Crippen LogP contribution in [0.3, 0.4) is 0 Å². The van der Waals surface area contributed by atoms with Crippen LogP contribution in [0.4, 0.5) is 0 Å². The number of nitrogens with one attached hydrogen (secondary N) is 1. The molecule has 23 heavy (non-hydrogen) atoms. The zero-order chi connectivity index (χ0) is 16.9. The highest BCUT2D eigenvalue weighted by Crippen LogP contribution is 2.28. The highest BCUT2D eigenvalue weighted by atomic mass is 32.2. The van der Waals surface area contributed by atoms with Crippen LogP contribution in [0.5, 0.6) is 11.5 Å².